The third kappa shape index (κ3) is 2.22. The molecule has 2 fully saturated rings. The molecule has 98 valence electrons. The van der Waals surface area contributed by atoms with Crippen molar-refractivity contribution in [2.45, 2.75) is 24.9 Å². The number of hydrogen-bond acceptors (Lipinski definition) is 2. The normalized spacial score (nSPS) is 34.8. The Labute approximate surface area is 115 Å². The van der Waals surface area contributed by atoms with Crippen LogP contribution in [0.1, 0.15) is 18.4 Å². The molecule has 0 radical (unpaired) electrons. The average molecular weight is 314 g/mol. The number of nitrogens with zero attached hydrogens (tertiary/aromatic N) is 1. The van der Waals surface area contributed by atoms with Crippen LogP contribution in [-0.4, -0.2) is 35.2 Å². The van der Waals surface area contributed by atoms with E-state index in [-0.39, 0.29) is 5.82 Å². The van der Waals surface area contributed by atoms with Crippen LogP contribution >= 0.6 is 15.9 Å². The summed E-state index contributed by atoms with van der Waals surface area (Å²) in [6.07, 6.45) is 2.40. The van der Waals surface area contributed by atoms with Crippen LogP contribution in [-0.2, 0) is 6.42 Å². The zero-order chi connectivity index (χ0) is 12.8. The molecule has 0 aromatic heterocycles. The molecule has 0 saturated carbocycles. The second kappa shape index (κ2) is 4.58. The van der Waals surface area contributed by atoms with Gasteiger partial charge in [-0.15, -0.1) is 0 Å². The zero-order valence-electron chi connectivity index (χ0n) is 10.2. The maximum Gasteiger partial charge on any atom is 0.123 e. The Hall–Kier alpha value is -0.450. The number of piperidine rings is 1. The van der Waals surface area contributed by atoms with Gasteiger partial charge in [0.15, 0.2) is 0 Å². The topological polar surface area (TPSA) is 23.5 Å². The van der Waals surface area contributed by atoms with Crippen molar-refractivity contribution in [2.24, 2.45) is 5.92 Å². The molecule has 3 rings (SSSR count). The minimum Gasteiger partial charge on any atom is -0.389 e. The highest BCUT2D eigenvalue weighted by molar-refractivity contribution is 9.10. The molecule has 3 atom stereocenters. The lowest BCUT2D eigenvalue weighted by Gasteiger charge is -2.39. The SMILES string of the molecule is OC1(Cc2cc(F)ccc2Br)CCN2CCC1C2. The summed E-state index contributed by atoms with van der Waals surface area (Å²) in [5.41, 5.74) is 0.210. The van der Waals surface area contributed by atoms with Gasteiger partial charge in [0.2, 0.25) is 0 Å². The molecule has 1 aromatic carbocycles. The monoisotopic (exact) mass is 313 g/mol. The first kappa shape index (κ1) is 12.6. The maximum atomic E-state index is 13.3. The first-order valence-corrected chi connectivity index (χ1v) is 7.25. The van der Waals surface area contributed by atoms with E-state index in [1.807, 2.05) is 0 Å². The number of rotatable bonds is 2. The largest absolute Gasteiger partial charge is 0.389 e. The van der Waals surface area contributed by atoms with Crippen molar-refractivity contribution in [3.63, 3.8) is 0 Å². The van der Waals surface area contributed by atoms with Crippen molar-refractivity contribution in [1.82, 2.24) is 4.90 Å². The Morgan fingerprint density at radius 3 is 3.11 bits per heavy atom. The number of halogens is 2. The first-order chi connectivity index (χ1) is 8.57. The van der Waals surface area contributed by atoms with Crippen molar-refractivity contribution < 1.29 is 9.50 Å². The van der Waals surface area contributed by atoms with Crippen LogP contribution in [0.4, 0.5) is 4.39 Å². The van der Waals surface area contributed by atoms with Crippen LogP contribution in [0.25, 0.3) is 0 Å². The predicted molar refractivity (Wildman–Crippen MR) is 71.9 cm³/mol. The van der Waals surface area contributed by atoms with Gasteiger partial charge in [-0.3, -0.25) is 0 Å². The molecule has 0 aliphatic carbocycles. The Bertz CT molecular complexity index is 467. The van der Waals surface area contributed by atoms with Gasteiger partial charge in [-0.2, -0.15) is 0 Å². The van der Waals surface area contributed by atoms with Crippen LogP contribution in [0.15, 0.2) is 22.7 Å². The number of hydrogen-bond donors (Lipinski definition) is 1. The fourth-order valence-electron chi connectivity index (χ4n) is 3.27. The van der Waals surface area contributed by atoms with E-state index >= 15 is 0 Å². The van der Waals surface area contributed by atoms with Crippen molar-refractivity contribution in [1.29, 1.82) is 0 Å². The molecule has 1 N–H and O–H groups in total. The number of fused-ring (bicyclic) bond motifs is 2. The minimum atomic E-state index is -0.663. The lowest BCUT2D eigenvalue weighted by atomic mass is 9.78. The summed E-state index contributed by atoms with van der Waals surface area (Å²) in [6.45, 7) is 3.04. The van der Waals surface area contributed by atoms with E-state index < -0.39 is 5.60 Å². The van der Waals surface area contributed by atoms with Crippen LogP contribution < -0.4 is 0 Å². The second-order valence-corrected chi connectivity index (χ2v) is 6.41. The third-order valence-electron chi connectivity index (χ3n) is 4.40. The fourth-order valence-corrected chi connectivity index (χ4v) is 3.66. The van der Waals surface area contributed by atoms with Gasteiger partial charge in [0.05, 0.1) is 5.60 Å². The smallest absolute Gasteiger partial charge is 0.123 e. The number of benzene rings is 1. The quantitative estimate of drug-likeness (QED) is 0.907. The summed E-state index contributed by atoms with van der Waals surface area (Å²) in [7, 11) is 0. The predicted octanol–water partition coefficient (Wildman–Crippen LogP) is 2.59. The van der Waals surface area contributed by atoms with Crippen LogP contribution in [0.5, 0.6) is 0 Å². The zero-order valence-corrected chi connectivity index (χ0v) is 11.8. The van der Waals surface area contributed by atoms with Gasteiger partial charge in [0, 0.05) is 29.9 Å². The molecule has 2 aliphatic rings. The second-order valence-electron chi connectivity index (χ2n) is 5.55. The van der Waals surface area contributed by atoms with Crippen LogP contribution in [0.2, 0.25) is 0 Å². The van der Waals surface area contributed by atoms with Gasteiger partial charge in [0.1, 0.15) is 5.82 Å². The molecular formula is C14H17BrFNO. The molecule has 4 heteroatoms. The van der Waals surface area contributed by atoms with E-state index in [1.165, 1.54) is 12.1 Å². The van der Waals surface area contributed by atoms with Gasteiger partial charge in [0.25, 0.3) is 0 Å². The van der Waals surface area contributed by atoms with E-state index in [9.17, 15) is 9.50 Å². The summed E-state index contributed by atoms with van der Waals surface area (Å²) in [6, 6.07) is 4.69. The lowest BCUT2D eigenvalue weighted by Crippen LogP contribution is -2.47. The van der Waals surface area contributed by atoms with E-state index in [2.05, 4.69) is 20.8 Å². The van der Waals surface area contributed by atoms with Crippen molar-refractivity contribution in [2.75, 3.05) is 19.6 Å². The average Bonchev–Trinajstić information content (AvgIpc) is 2.75. The first-order valence-electron chi connectivity index (χ1n) is 6.45. The van der Waals surface area contributed by atoms with E-state index in [4.69, 9.17) is 0 Å². The third-order valence-corrected chi connectivity index (χ3v) is 5.17. The molecule has 2 nitrogen and oxygen atoms in total. The highest BCUT2D eigenvalue weighted by Crippen LogP contribution is 2.38. The molecular weight excluding hydrogens is 297 g/mol. The van der Waals surface area contributed by atoms with Crippen molar-refractivity contribution in [3.05, 3.63) is 34.1 Å². The van der Waals surface area contributed by atoms with Gasteiger partial charge in [-0.25, -0.2) is 4.39 Å². The fraction of sp³-hybridized carbons (Fsp3) is 0.571. The van der Waals surface area contributed by atoms with Crippen LogP contribution in [0.3, 0.4) is 0 Å². The molecule has 2 bridgehead atoms. The van der Waals surface area contributed by atoms with Gasteiger partial charge >= 0.3 is 0 Å². The van der Waals surface area contributed by atoms with Gasteiger partial charge in [-0.05, 0) is 43.1 Å². The number of aliphatic hydroxyl groups is 1. The summed E-state index contributed by atoms with van der Waals surface area (Å²) < 4.78 is 14.2. The summed E-state index contributed by atoms with van der Waals surface area (Å²) >= 11 is 3.45. The molecule has 0 amide bonds. The van der Waals surface area contributed by atoms with Crippen molar-refractivity contribution >= 4 is 15.9 Å². The molecule has 2 aliphatic heterocycles. The summed E-state index contributed by atoms with van der Waals surface area (Å²) in [5, 5.41) is 10.9. The Morgan fingerprint density at radius 2 is 2.28 bits per heavy atom. The Morgan fingerprint density at radius 1 is 1.44 bits per heavy atom. The summed E-state index contributed by atoms with van der Waals surface area (Å²) in [4.78, 5) is 2.40. The van der Waals surface area contributed by atoms with E-state index in [0.29, 0.717) is 12.3 Å². The maximum absolute atomic E-state index is 13.3. The highest BCUT2D eigenvalue weighted by Gasteiger charge is 2.44. The molecule has 2 saturated heterocycles. The Kier molecular flexibility index (Phi) is 3.20. The molecule has 0 spiro atoms. The lowest BCUT2D eigenvalue weighted by molar-refractivity contribution is -0.0440. The minimum absolute atomic E-state index is 0.236. The molecule has 18 heavy (non-hydrogen) atoms. The van der Waals surface area contributed by atoms with Crippen LogP contribution in [0, 0.1) is 11.7 Å². The summed E-state index contributed by atoms with van der Waals surface area (Å²) in [5.74, 6) is 0.0991. The molecule has 1 aromatic rings. The molecule has 3 unspecified atom stereocenters. The van der Waals surface area contributed by atoms with Gasteiger partial charge < -0.3 is 10.0 Å². The molecule has 2 heterocycles. The van der Waals surface area contributed by atoms with Gasteiger partial charge in [-0.1, -0.05) is 15.9 Å². The van der Waals surface area contributed by atoms with Crippen molar-refractivity contribution in [3.8, 4) is 0 Å². The Balaban J connectivity index is 1.84. The van der Waals surface area contributed by atoms with E-state index in [1.54, 1.807) is 6.07 Å². The standard InChI is InChI=1S/C14H17BrFNO/c15-13-2-1-12(16)7-10(13)8-14(18)4-6-17-5-3-11(14)9-17/h1-2,7,11,18H,3-6,8-9H2. The highest BCUT2D eigenvalue weighted by atomic mass is 79.9. The van der Waals surface area contributed by atoms with E-state index in [0.717, 1.165) is 42.5 Å².